The number of guanidine groups is 1. The summed E-state index contributed by atoms with van der Waals surface area (Å²) < 4.78 is 0. The Morgan fingerprint density at radius 2 is 1.36 bits per heavy atom. The van der Waals surface area contributed by atoms with Crippen LogP contribution in [0.15, 0.2) is 109 Å². The summed E-state index contributed by atoms with van der Waals surface area (Å²) in [5.74, 6) is -7.23. The third-order valence-electron chi connectivity index (χ3n) is 12.5. The molecule has 5 aromatic rings. The van der Waals surface area contributed by atoms with Crippen molar-refractivity contribution in [1.82, 2.24) is 57.5 Å². The molecule has 402 valence electrons. The number of para-hydroxylation sites is 1. The summed E-state index contributed by atoms with van der Waals surface area (Å²) in [5, 5.41) is 22.3. The Morgan fingerprint density at radius 1 is 0.711 bits per heavy atom. The number of rotatable bonds is 18. The number of imidazole rings is 1. The van der Waals surface area contributed by atoms with Gasteiger partial charge in [0.1, 0.15) is 42.3 Å². The summed E-state index contributed by atoms with van der Waals surface area (Å²) in [7, 11) is 0. The summed E-state index contributed by atoms with van der Waals surface area (Å²) in [6.45, 7) is 1.05. The maximum absolute atomic E-state index is 14.6. The van der Waals surface area contributed by atoms with E-state index in [1.54, 1.807) is 66.9 Å². The second-order valence-electron chi connectivity index (χ2n) is 18.4. The monoisotopic (exact) mass is 1040 g/mol. The number of aromatic nitrogens is 3. The van der Waals surface area contributed by atoms with Gasteiger partial charge in [0.25, 0.3) is 0 Å². The van der Waals surface area contributed by atoms with E-state index in [2.05, 4.69) is 62.5 Å². The number of primary amides is 1. The number of aliphatic imine (C=N–C) groups is 1. The van der Waals surface area contributed by atoms with Crippen molar-refractivity contribution in [1.29, 1.82) is 0 Å². The smallest absolute Gasteiger partial charge is 0.243 e. The average molecular weight is 1040 g/mol. The van der Waals surface area contributed by atoms with E-state index < -0.39 is 95.5 Å². The second kappa shape index (κ2) is 27.8. The Labute approximate surface area is 437 Å². The van der Waals surface area contributed by atoms with Gasteiger partial charge in [-0.15, -0.1) is 0 Å². The zero-order valence-corrected chi connectivity index (χ0v) is 41.9. The minimum absolute atomic E-state index is 0.0215. The first-order chi connectivity index (χ1) is 36.5. The average Bonchev–Trinajstić information content (AvgIpc) is 4.07. The fraction of sp³-hybridized carbons (Fsp3) is 0.365. The van der Waals surface area contributed by atoms with Crippen LogP contribution in [0, 0.1) is 0 Å². The number of nitrogens with two attached hydrogens (primary N) is 3. The molecule has 2 aromatic heterocycles. The van der Waals surface area contributed by atoms with Gasteiger partial charge in [0.05, 0.1) is 6.33 Å². The molecule has 24 heteroatoms. The minimum atomic E-state index is -1.48. The predicted octanol–water partition coefficient (Wildman–Crippen LogP) is -1.59. The molecule has 24 nitrogen and oxygen atoms in total. The zero-order chi connectivity index (χ0) is 54.6. The van der Waals surface area contributed by atoms with Crippen molar-refractivity contribution in [2.75, 3.05) is 13.1 Å². The van der Waals surface area contributed by atoms with E-state index in [9.17, 15) is 43.2 Å². The molecule has 0 saturated carbocycles. The van der Waals surface area contributed by atoms with E-state index in [0.717, 1.165) is 10.9 Å². The van der Waals surface area contributed by atoms with Crippen LogP contribution in [0.4, 0.5) is 0 Å². The molecule has 1 aliphatic rings. The number of benzene rings is 3. The highest BCUT2D eigenvalue weighted by Crippen LogP contribution is 2.19. The fourth-order valence-electron chi connectivity index (χ4n) is 8.60. The summed E-state index contributed by atoms with van der Waals surface area (Å²) in [6.07, 6.45) is 3.36. The Morgan fingerprint density at radius 3 is 2.03 bits per heavy atom. The normalized spacial score (nSPS) is 19.8. The highest BCUT2D eigenvalue weighted by molar-refractivity contribution is 5.98. The lowest BCUT2D eigenvalue weighted by Crippen LogP contribution is -2.60. The van der Waals surface area contributed by atoms with Crippen LogP contribution in [0.2, 0.25) is 0 Å². The van der Waals surface area contributed by atoms with Crippen molar-refractivity contribution in [2.45, 2.75) is 107 Å². The Hall–Kier alpha value is -9.09. The lowest BCUT2D eigenvalue weighted by molar-refractivity contribution is -0.135. The van der Waals surface area contributed by atoms with Gasteiger partial charge < -0.3 is 69.7 Å². The Balaban J connectivity index is 1.35. The molecule has 16 N–H and O–H groups in total. The molecule has 1 fully saturated rings. The number of amides is 9. The van der Waals surface area contributed by atoms with E-state index >= 15 is 0 Å². The van der Waals surface area contributed by atoms with Crippen molar-refractivity contribution in [3.8, 4) is 0 Å². The third kappa shape index (κ3) is 17.3. The predicted molar refractivity (Wildman–Crippen MR) is 280 cm³/mol. The van der Waals surface area contributed by atoms with E-state index in [1.807, 2.05) is 24.3 Å². The summed E-state index contributed by atoms with van der Waals surface area (Å²) in [5.41, 5.74) is 20.1. The van der Waals surface area contributed by atoms with Crippen LogP contribution in [0.1, 0.15) is 61.4 Å². The van der Waals surface area contributed by atoms with Gasteiger partial charge in [-0.05, 0) is 48.4 Å². The van der Waals surface area contributed by atoms with Gasteiger partial charge in [0.15, 0.2) is 5.96 Å². The third-order valence-corrected chi connectivity index (χ3v) is 12.5. The van der Waals surface area contributed by atoms with Crippen LogP contribution in [0.3, 0.4) is 0 Å². The molecule has 0 aliphatic carbocycles. The van der Waals surface area contributed by atoms with Crippen LogP contribution in [-0.2, 0) is 68.8 Å². The van der Waals surface area contributed by atoms with E-state index in [0.29, 0.717) is 22.4 Å². The molecule has 0 radical (unpaired) electrons. The molecule has 6 rings (SSSR count). The number of carbonyl (C=O) groups excluding carboxylic acids is 9. The lowest BCUT2D eigenvalue weighted by Gasteiger charge is -2.28. The molecule has 7 unspecified atom stereocenters. The van der Waals surface area contributed by atoms with Crippen molar-refractivity contribution in [2.24, 2.45) is 22.2 Å². The van der Waals surface area contributed by atoms with Crippen LogP contribution in [0.25, 0.3) is 10.9 Å². The van der Waals surface area contributed by atoms with Gasteiger partial charge in [-0.3, -0.25) is 48.1 Å². The quantitative estimate of drug-likeness (QED) is 0.0269. The summed E-state index contributed by atoms with van der Waals surface area (Å²) in [6, 6.07) is 15.3. The van der Waals surface area contributed by atoms with Crippen LogP contribution in [0.5, 0.6) is 0 Å². The first-order valence-corrected chi connectivity index (χ1v) is 24.8. The Bertz CT molecular complexity index is 2840. The molecule has 0 bridgehead atoms. The molecule has 9 amide bonds. The van der Waals surface area contributed by atoms with Gasteiger partial charge in [0.2, 0.25) is 53.2 Å². The number of fused-ring (bicyclic) bond motifs is 1. The number of H-pyrrole nitrogens is 2. The van der Waals surface area contributed by atoms with E-state index in [4.69, 9.17) is 17.2 Å². The summed E-state index contributed by atoms with van der Waals surface area (Å²) in [4.78, 5) is 140. The van der Waals surface area contributed by atoms with Gasteiger partial charge >= 0.3 is 0 Å². The minimum Gasteiger partial charge on any atom is -0.370 e. The maximum Gasteiger partial charge on any atom is 0.243 e. The van der Waals surface area contributed by atoms with Crippen LogP contribution in [-0.4, -0.2) is 129 Å². The summed E-state index contributed by atoms with van der Waals surface area (Å²) >= 11 is 0. The van der Waals surface area contributed by atoms with E-state index in [1.165, 1.54) is 19.4 Å². The van der Waals surface area contributed by atoms with Crippen molar-refractivity contribution >= 4 is 70.0 Å². The van der Waals surface area contributed by atoms with E-state index in [-0.39, 0.29) is 76.8 Å². The first-order valence-electron chi connectivity index (χ1n) is 24.8. The largest absolute Gasteiger partial charge is 0.370 e. The molecular weight excluding hydrogens is 979 g/mol. The SMILES string of the molecule is CC(=O)NC(Cc1ccccc1)C(=O)NC1CCC(=O)NCCC(C(=O)NC(Cc2c[nH]c3ccccc23)C(N)=O)NC(=O)C(CCCN=C(N)N)NC(=O)C(Cc2ccccc2)NC(=O)C(Cc2cnc[nH]2)NC1=O. The van der Waals surface area contributed by atoms with Crippen molar-refractivity contribution < 1.29 is 43.2 Å². The molecule has 7 atom stereocenters. The number of hydrogen-bond donors (Lipinski definition) is 13. The highest BCUT2D eigenvalue weighted by atomic mass is 16.2. The van der Waals surface area contributed by atoms with Crippen LogP contribution >= 0.6 is 0 Å². The van der Waals surface area contributed by atoms with Gasteiger partial charge in [0, 0.05) is 81.1 Å². The van der Waals surface area contributed by atoms with Crippen LogP contribution < -0.4 is 59.7 Å². The molecular formula is C52H65N15O9. The zero-order valence-electron chi connectivity index (χ0n) is 41.9. The van der Waals surface area contributed by atoms with Crippen molar-refractivity contribution in [3.63, 3.8) is 0 Å². The lowest BCUT2D eigenvalue weighted by atomic mass is 10.0. The first kappa shape index (κ1) is 56.2. The fourth-order valence-corrected chi connectivity index (χ4v) is 8.60. The van der Waals surface area contributed by atoms with Gasteiger partial charge in [-0.1, -0.05) is 78.9 Å². The molecule has 1 aliphatic heterocycles. The number of aromatic amines is 2. The standard InChI is InChI=1S/C52H65N15O9/c1-30(68)61-41(23-31-11-4-2-5-12-31)49(74)63-38-18-19-44(69)57-22-20-39(48(73)65-40(45(53)70)25-33-27-59-36-16-9-8-15-35(33)36)64-46(71)37(17-10-21-58-52(54)55)62-50(75)42(24-32-13-6-3-7-14-32)66-51(76)43(67-47(38)72)26-34-28-56-29-60-34/h2-9,11-16,27-29,37-43,59H,10,17-26H2,1H3,(H2,53,70)(H,56,60)(H,57,69)(H,61,68)(H,62,75)(H,63,74)(H,64,71)(H,65,73)(H,66,76)(H,67,72)(H4,54,55,58). The van der Waals surface area contributed by atoms with Gasteiger partial charge in [-0.25, -0.2) is 4.98 Å². The van der Waals surface area contributed by atoms with Crippen molar-refractivity contribution in [3.05, 3.63) is 126 Å². The molecule has 3 aromatic carbocycles. The molecule has 3 heterocycles. The maximum atomic E-state index is 14.6. The molecule has 0 spiro atoms. The number of nitrogens with one attached hydrogen (secondary N) is 10. The molecule has 1 saturated heterocycles. The highest BCUT2D eigenvalue weighted by Gasteiger charge is 2.35. The molecule has 76 heavy (non-hydrogen) atoms. The number of hydrogen-bond acceptors (Lipinski definition) is 11. The number of carbonyl (C=O) groups is 9. The topological polar surface area (TPSA) is 385 Å². The Kier molecular flexibility index (Phi) is 20.6. The second-order valence-corrected chi connectivity index (χ2v) is 18.4. The number of nitrogens with zero attached hydrogens (tertiary/aromatic N) is 2. The van der Waals surface area contributed by atoms with Gasteiger partial charge in [-0.2, -0.15) is 0 Å².